The quantitative estimate of drug-likeness (QED) is 0.401. The van der Waals surface area contributed by atoms with Crippen molar-refractivity contribution in [3.05, 3.63) is 64.2 Å². The lowest BCUT2D eigenvalue weighted by molar-refractivity contribution is -0.139. The maximum Gasteiger partial charge on any atom is 0.416 e. The van der Waals surface area contributed by atoms with E-state index in [1.165, 1.54) is 11.8 Å². The standard InChI is InChI=1S/C25H31ClF3N3O4S/c1-5-6-13-30-24(34)18(3)31(15-19-9-7-17(2)8-10-19)23(33)16-32(37(4,35)36)22-14-20(25(27,28)29)11-12-21(22)26/h7-12,14,18H,5-6,13,15-16H2,1-4H3,(H,30,34)/t18-/m1/s1. The minimum atomic E-state index is -4.75. The molecule has 2 amide bonds. The molecule has 0 heterocycles. The lowest BCUT2D eigenvalue weighted by Crippen LogP contribution is -2.51. The topological polar surface area (TPSA) is 86.8 Å². The lowest BCUT2D eigenvalue weighted by atomic mass is 10.1. The van der Waals surface area contributed by atoms with Crippen molar-refractivity contribution in [3.8, 4) is 0 Å². The lowest BCUT2D eigenvalue weighted by Gasteiger charge is -2.32. The molecule has 0 bridgehead atoms. The van der Waals surface area contributed by atoms with Gasteiger partial charge in [-0.3, -0.25) is 13.9 Å². The number of alkyl halides is 3. The molecule has 0 aliphatic heterocycles. The molecule has 2 aromatic rings. The molecule has 0 fully saturated rings. The third-order valence-electron chi connectivity index (χ3n) is 5.69. The molecule has 2 rings (SSSR count). The van der Waals surface area contributed by atoms with Crippen LogP contribution in [-0.2, 0) is 32.3 Å². The summed E-state index contributed by atoms with van der Waals surface area (Å²) in [5.74, 6) is -1.21. The molecule has 0 saturated heterocycles. The third kappa shape index (κ3) is 8.63. The number of halogens is 4. The maximum atomic E-state index is 13.5. The van der Waals surface area contributed by atoms with Crippen LogP contribution in [-0.4, -0.2) is 50.5 Å². The Bertz CT molecular complexity index is 1200. The summed E-state index contributed by atoms with van der Waals surface area (Å²) in [5, 5.41) is 2.48. The van der Waals surface area contributed by atoms with Gasteiger partial charge in [0, 0.05) is 13.1 Å². The molecule has 0 radical (unpaired) electrons. The van der Waals surface area contributed by atoms with Crippen molar-refractivity contribution in [2.24, 2.45) is 0 Å². The highest BCUT2D eigenvalue weighted by Gasteiger charge is 2.34. The molecule has 0 unspecified atom stereocenters. The van der Waals surface area contributed by atoms with E-state index in [0.29, 0.717) is 22.5 Å². The van der Waals surface area contributed by atoms with E-state index in [-0.39, 0.29) is 11.6 Å². The maximum absolute atomic E-state index is 13.5. The predicted molar refractivity (Wildman–Crippen MR) is 138 cm³/mol. The highest BCUT2D eigenvalue weighted by molar-refractivity contribution is 7.92. The number of carbonyl (C=O) groups excluding carboxylic acids is 2. The van der Waals surface area contributed by atoms with Gasteiger partial charge in [-0.05, 0) is 44.0 Å². The largest absolute Gasteiger partial charge is 0.416 e. The Labute approximate surface area is 220 Å². The number of benzene rings is 2. The van der Waals surface area contributed by atoms with Gasteiger partial charge in [-0.15, -0.1) is 0 Å². The number of anilines is 1. The van der Waals surface area contributed by atoms with Crippen LogP contribution < -0.4 is 9.62 Å². The van der Waals surface area contributed by atoms with E-state index in [9.17, 15) is 31.2 Å². The average Bonchev–Trinajstić information content (AvgIpc) is 2.80. The van der Waals surface area contributed by atoms with E-state index in [1.54, 1.807) is 12.1 Å². The second-order valence-corrected chi connectivity index (χ2v) is 11.1. The Morgan fingerprint density at radius 2 is 1.73 bits per heavy atom. The molecule has 0 spiro atoms. The number of carbonyl (C=O) groups is 2. The second kappa shape index (κ2) is 12.6. The molecule has 7 nitrogen and oxygen atoms in total. The van der Waals surface area contributed by atoms with Gasteiger partial charge in [0.25, 0.3) is 0 Å². The summed E-state index contributed by atoms with van der Waals surface area (Å²) in [6, 6.07) is 8.46. The Balaban J connectivity index is 2.45. The number of nitrogens with zero attached hydrogens (tertiary/aromatic N) is 2. The van der Waals surface area contributed by atoms with Gasteiger partial charge < -0.3 is 10.2 Å². The molecule has 1 atom stereocenters. The summed E-state index contributed by atoms with van der Waals surface area (Å²) in [6.45, 7) is 4.89. The molecule has 0 aliphatic carbocycles. The minimum absolute atomic E-state index is 0.0184. The van der Waals surface area contributed by atoms with Crippen LogP contribution in [0.5, 0.6) is 0 Å². The molecule has 204 valence electrons. The van der Waals surface area contributed by atoms with Crippen LogP contribution in [0, 0.1) is 6.92 Å². The van der Waals surface area contributed by atoms with E-state index in [1.807, 2.05) is 26.0 Å². The normalized spacial score (nSPS) is 12.6. The zero-order chi connectivity index (χ0) is 28.0. The van der Waals surface area contributed by atoms with E-state index in [0.717, 1.165) is 36.8 Å². The van der Waals surface area contributed by atoms with Crippen LogP contribution >= 0.6 is 11.6 Å². The fourth-order valence-electron chi connectivity index (χ4n) is 3.48. The van der Waals surface area contributed by atoms with E-state index < -0.39 is 51.9 Å². The van der Waals surface area contributed by atoms with Crippen molar-refractivity contribution in [2.45, 2.75) is 52.4 Å². The number of aryl methyl sites for hydroxylation is 1. The fraction of sp³-hybridized carbons (Fsp3) is 0.440. The summed E-state index contributed by atoms with van der Waals surface area (Å²) in [4.78, 5) is 27.5. The van der Waals surface area contributed by atoms with Crippen molar-refractivity contribution >= 4 is 39.1 Å². The van der Waals surface area contributed by atoms with Crippen LogP contribution in [0.1, 0.15) is 43.4 Å². The van der Waals surface area contributed by atoms with Crippen molar-refractivity contribution in [3.63, 3.8) is 0 Å². The van der Waals surface area contributed by atoms with Gasteiger partial charge in [-0.1, -0.05) is 54.8 Å². The Morgan fingerprint density at radius 1 is 1.11 bits per heavy atom. The van der Waals surface area contributed by atoms with Gasteiger partial charge >= 0.3 is 6.18 Å². The number of hydrogen-bond donors (Lipinski definition) is 1. The van der Waals surface area contributed by atoms with Gasteiger partial charge in [0.1, 0.15) is 12.6 Å². The van der Waals surface area contributed by atoms with Crippen LogP contribution in [0.2, 0.25) is 5.02 Å². The summed E-state index contributed by atoms with van der Waals surface area (Å²) < 4.78 is 65.7. The number of rotatable bonds is 11. The van der Waals surface area contributed by atoms with Crippen molar-refractivity contribution < 1.29 is 31.2 Å². The summed E-state index contributed by atoms with van der Waals surface area (Å²) in [6.07, 6.45) is -2.40. The zero-order valence-electron chi connectivity index (χ0n) is 21.1. The first-order valence-electron chi connectivity index (χ1n) is 11.6. The number of amides is 2. The molecular weight excluding hydrogens is 531 g/mol. The first-order chi connectivity index (χ1) is 17.1. The summed E-state index contributed by atoms with van der Waals surface area (Å²) in [7, 11) is -4.24. The molecule has 0 saturated carbocycles. The van der Waals surface area contributed by atoms with Gasteiger partial charge in [0.05, 0.1) is 22.5 Å². The average molecular weight is 562 g/mol. The smallest absolute Gasteiger partial charge is 0.354 e. The number of sulfonamides is 1. The van der Waals surface area contributed by atoms with E-state index >= 15 is 0 Å². The number of nitrogens with one attached hydrogen (secondary N) is 1. The Kier molecular flexibility index (Phi) is 10.4. The van der Waals surface area contributed by atoms with Crippen LogP contribution in [0.15, 0.2) is 42.5 Å². The van der Waals surface area contributed by atoms with Crippen LogP contribution in [0.4, 0.5) is 18.9 Å². The highest BCUT2D eigenvalue weighted by Crippen LogP contribution is 2.36. The Hall–Kier alpha value is -2.79. The number of hydrogen-bond acceptors (Lipinski definition) is 4. The van der Waals surface area contributed by atoms with Crippen molar-refractivity contribution in [2.75, 3.05) is 23.7 Å². The predicted octanol–water partition coefficient (Wildman–Crippen LogP) is 4.77. The highest BCUT2D eigenvalue weighted by atomic mass is 35.5. The van der Waals surface area contributed by atoms with Crippen molar-refractivity contribution in [1.82, 2.24) is 10.2 Å². The molecule has 2 aromatic carbocycles. The van der Waals surface area contributed by atoms with Gasteiger partial charge in [0.2, 0.25) is 21.8 Å². The Morgan fingerprint density at radius 3 is 2.27 bits per heavy atom. The third-order valence-corrected chi connectivity index (χ3v) is 7.14. The summed E-state index contributed by atoms with van der Waals surface area (Å²) in [5.41, 5.74) is 0.0699. The first-order valence-corrected chi connectivity index (χ1v) is 13.8. The van der Waals surface area contributed by atoms with Gasteiger partial charge in [0.15, 0.2) is 0 Å². The fourth-order valence-corrected chi connectivity index (χ4v) is 4.61. The SMILES string of the molecule is CCCCNC(=O)[C@@H](C)N(Cc1ccc(C)cc1)C(=O)CN(c1cc(C(F)(F)F)ccc1Cl)S(C)(=O)=O. The monoisotopic (exact) mass is 561 g/mol. The molecule has 1 N–H and O–H groups in total. The number of unbranched alkanes of at least 4 members (excludes halogenated alkanes) is 1. The molecular formula is C25H31ClF3N3O4S. The minimum Gasteiger partial charge on any atom is -0.354 e. The van der Waals surface area contributed by atoms with Crippen molar-refractivity contribution in [1.29, 1.82) is 0 Å². The molecule has 0 aliphatic rings. The molecule has 12 heteroatoms. The van der Waals surface area contributed by atoms with Gasteiger partial charge in [-0.2, -0.15) is 13.2 Å². The first kappa shape index (κ1) is 30.4. The summed E-state index contributed by atoms with van der Waals surface area (Å²) >= 11 is 6.08. The zero-order valence-corrected chi connectivity index (χ0v) is 22.7. The molecule has 0 aromatic heterocycles. The van der Waals surface area contributed by atoms with Gasteiger partial charge in [-0.25, -0.2) is 8.42 Å². The van der Waals surface area contributed by atoms with Crippen LogP contribution in [0.25, 0.3) is 0 Å². The van der Waals surface area contributed by atoms with E-state index in [2.05, 4.69) is 5.32 Å². The van der Waals surface area contributed by atoms with E-state index in [4.69, 9.17) is 11.6 Å². The second-order valence-electron chi connectivity index (χ2n) is 8.76. The molecule has 37 heavy (non-hydrogen) atoms. The van der Waals surface area contributed by atoms with Crippen LogP contribution in [0.3, 0.4) is 0 Å².